The number of ether oxygens (including phenoxy) is 1. The van der Waals surface area contributed by atoms with Crippen LogP contribution in [0.25, 0.3) is 0 Å². The van der Waals surface area contributed by atoms with Crippen LogP contribution in [-0.4, -0.2) is 20.5 Å². The zero-order chi connectivity index (χ0) is 14.8. The standard InChI is InChI=1S/C12H10Cl2N2O3S/c1-19-11-6-10(14)12(7-9(11)13)20(17,18)16-8-2-4-15-5-3-8/h2-7H,1H3,(H,15,16). The number of hydrogen-bond acceptors (Lipinski definition) is 4. The molecule has 0 aliphatic heterocycles. The van der Waals surface area contributed by atoms with Gasteiger partial charge in [-0.15, -0.1) is 0 Å². The van der Waals surface area contributed by atoms with Crippen molar-refractivity contribution in [1.29, 1.82) is 0 Å². The summed E-state index contributed by atoms with van der Waals surface area (Å²) >= 11 is 11.9. The highest BCUT2D eigenvalue weighted by molar-refractivity contribution is 7.92. The quantitative estimate of drug-likeness (QED) is 0.933. The molecule has 2 rings (SSSR count). The summed E-state index contributed by atoms with van der Waals surface area (Å²) in [6, 6.07) is 5.64. The van der Waals surface area contributed by atoms with E-state index in [1.807, 2.05) is 0 Å². The molecule has 1 aromatic carbocycles. The molecule has 0 radical (unpaired) electrons. The predicted octanol–water partition coefficient (Wildman–Crippen LogP) is 3.20. The van der Waals surface area contributed by atoms with Crippen molar-refractivity contribution in [3.8, 4) is 5.75 Å². The van der Waals surface area contributed by atoms with Crippen LogP contribution in [0.15, 0.2) is 41.6 Å². The molecule has 106 valence electrons. The SMILES string of the molecule is COc1cc(Cl)c(S(=O)(=O)Nc2ccncc2)cc1Cl. The number of nitrogens with zero attached hydrogens (tertiary/aromatic N) is 1. The molecule has 0 spiro atoms. The summed E-state index contributed by atoms with van der Waals surface area (Å²) in [5.74, 6) is 0.305. The van der Waals surface area contributed by atoms with Gasteiger partial charge in [0, 0.05) is 18.5 Å². The van der Waals surface area contributed by atoms with Gasteiger partial charge in [0.05, 0.1) is 22.8 Å². The Balaban J connectivity index is 2.42. The summed E-state index contributed by atoms with van der Waals surface area (Å²) in [6.45, 7) is 0. The Bertz CT molecular complexity index is 721. The number of methoxy groups -OCH3 is 1. The van der Waals surface area contributed by atoms with Gasteiger partial charge in [0.15, 0.2) is 0 Å². The Hall–Kier alpha value is -1.50. The molecular formula is C12H10Cl2N2O3S. The van der Waals surface area contributed by atoms with Crippen LogP contribution in [0.5, 0.6) is 5.75 Å². The van der Waals surface area contributed by atoms with Crippen LogP contribution < -0.4 is 9.46 Å². The maximum atomic E-state index is 12.3. The van der Waals surface area contributed by atoms with Gasteiger partial charge in [0.2, 0.25) is 0 Å². The second kappa shape index (κ2) is 5.87. The molecule has 5 nitrogen and oxygen atoms in total. The van der Waals surface area contributed by atoms with Crippen molar-refractivity contribution in [3.63, 3.8) is 0 Å². The largest absolute Gasteiger partial charge is 0.495 e. The van der Waals surface area contributed by atoms with Crippen LogP contribution in [0.3, 0.4) is 0 Å². The molecule has 0 saturated carbocycles. The average molecular weight is 333 g/mol. The van der Waals surface area contributed by atoms with E-state index >= 15 is 0 Å². The van der Waals surface area contributed by atoms with Crippen molar-refractivity contribution in [3.05, 3.63) is 46.7 Å². The fraction of sp³-hybridized carbons (Fsp3) is 0.0833. The lowest BCUT2D eigenvalue weighted by atomic mass is 10.3. The van der Waals surface area contributed by atoms with E-state index < -0.39 is 10.0 Å². The fourth-order valence-corrected chi connectivity index (χ4v) is 3.41. The van der Waals surface area contributed by atoms with Gasteiger partial charge in [-0.05, 0) is 18.2 Å². The summed E-state index contributed by atoms with van der Waals surface area (Å²) in [7, 11) is -2.42. The predicted molar refractivity (Wildman–Crippen MR) is 78.1 cm³/mol. The zero-order valence-corrected chi connectivity index (χ0v) is 12.6. The minimum Gasteiger partial charge on any atom is -0.495 e. The van der Waals surface area contributed by atoms with Crippen molar-refractivity contribution >= 4 is 38.9 Å². The second-order valence-corrected chi connectivity index (χ2v) is 6.22. The first kappa shape index (κ1) is 14.9. The molecule has 0 aliphatic carbocycles. The Morgan fingerprint density at radius 3 is 2.40 bits per heavy atom. The highest BCUT2D eigenvalue weighted by Crippen LogP contribution is 2.34. The molecule has 0 bridgehead atoms. The van der Waals surface area contributed by atoms with E-state index in [-0.39, 0.29) is 14.9 Å². The van der Waals surface area contributed by atoms with Crippen LogP contribution in [0.1, 0.15) is 0 Å². The number of nitrogens with one attached hydrogen (secondary N) is 1. The van der Waals surface area contributed by atoms with E-state index in [4.69, 9.17) is 27.9 Å². The fourth-order valence-electron chi connectivity index (χ4n) is 1.50. The highest BCUT2D eigenvalue weighted by Gasteiger charge is 2.20. The van der Waals surface area contributed by atoms with Crippen LogP contribution in [0.4, 0.5) is 5.69 Å². The van der Waals surface area contributed by atoms with Crippen LogP contribution >= 0.6 is 23.2 Å². The maximum Gasteiger partial charge on any atom is 0.263 e. The average Bonchev–Trinajstić information content (AvgIpc) is 2.41. The number of hydrogen-bond donors (Lipinski definition) is 1. The Morgan fingerprint density at radius 1 is 1.15 bits per heavy atom. The molecule has 0 atom stereocenters. The van der Waals surface area contributed by atoms with Gasteiger partial charge in [0.1, 0.15) is 10.6 Å². The van der Waals surface area contributed by atoms with E-state index in [0.29, 0.717) is 11.4 Å². The summed E-state index contributed by atoms with van der Waals surface area (Å²) < 4.78 is 31.9. The smallest absolute Gasteiger partial charge is 0.263 e. The topological polar surface area (TPSA) is 68.3 Å². The molecule has 0 aliphatic rings. The van der Waals surface area contributed by atoms with Crippen molar-refractivity contribution in [1.82, 2.24) is 4.98 Å². The van der Waals surface area contributed by atoms with Crippen molar-refractivity contribution in [2.75, 3.05) is 11.8 Å². The van der Waals surface area contributed by atoms with E-state index in [0.717, 1.165) is 0 Å². The summed E-state index contributed by atoms with van der Waals surface area (Å²) in [5, 5.41) is 0.180. The Morgan fingerprint density at radius 2 is 1.80 bits per heavy atom. The van der Waals surface area contributed by atoms with Gasteiger partial charge in [0.25, 0.3) is 10.0 Å². The van der Waals surface area contributed by atoms with Crippen molar-refractivity contribution in [2.45, 2.75) is 4.90 Å². The molecule has 20 heavy (non-hydrogen) atoms. The molecule has 0 fully saturated rings. The zero-order valence-electron chi connectivity index (χ0n) is 10.3. The van der Waals surface area contributed by atoms with E-state index in [2.05, 4.69) is 9.71 Å². The number of halogens is 2. The number of pyridine rings is 1. The number of sulfonamides is 1. The first-order chi connectivity index (χ1) is 9.44. The van der Waals surface area contributed by atoms with Gasteiger partial charge < -0.3 is 4.74 Å². The van der Waals surface area contributed by atoms with Crippen LogP contribution in [-0.2, 0) is 10.0 Å². The second-order valence-electron chi connectivity index (χ2n) is 3.76. The number of anilines is 1. The summed E-state index contributed by atoms with van der Waals surface area (Å²) in [4.78, 5) is 3.68. The minimum atomic E-state index is -3.84. The molecule has 2 aromatic rings. The van der Waals surface area contributed by atoms with Gasteiger partial charge in [-0.3, -0.25) is 9.71 Å². The molecular weight excluding hydrogens is 323 g/mol. The van der Waals surface area contributed by atoms with Crippen LogP contribution in [0, 0.1) is 0 Å². The summed E-state index contributed by atoms with van der Waals surface area (Å²) in [5.41, 5.74) is 0.378. The molecule has 1 heterocycles. The molecule has 1 N–H and O–H groups in total. The molecule has 1 aromatic heterocycles. The molecule has 0 amide bonds. The van der Waals surface area contributed by atoms with Gasteiger partial charge in [-0.1, -0.05) is 23.2 Å². The Labute approximate surface area is 126 Å². The maximum absolute atomic E-state index is 12.3. The molecule has 0 saturated heterocycles. The van der Waals surface area contributed by atoms with E-state index in [9.17, 15) is 8.42 Å². The third-order valence-corrected chi connectivity index (χ3v) is 4.57. The number of rotatable bonds is 4. The van der Waals surface area contributed by atoms with Crippen LogP contribution in [0.2, 0.25) is 10.0 Å². The summed E-state index contributed by atoms with van der Waals surface area (Å²) in [6.07, 6.45) is 2.95. The lowest BCUT2D eigenvalue weighted by molar-refractivity contribution is 0.414. The lowest BCUT2D eigenvalue weighted by Crippen LogP contribution is -2.13. The first-order valence-electron chi connectivity index (χ1n) is 5.40. The number of aromatic nitrogens is 1. The third kappa shape index (κ3) is 3.15. The molecule has 8 heteroatoms. The Kier molecular flexibility index (Phi) is 4.37. The first-order valence-corrected chi connectivity index (χ1v) is 7.64. The van der Waals surface area contributed by atoms with Crippen molar-refractivity contribution in [2.24, 2.45) is 0 Å². The van der Waals surface area contributed by atoms with Gasteiger partial charge >= 0.3 is 0 Å². The number of benzene rings is 1. The van der Waals surface area contributed by atoms with Crippen molar-refractivity contribution < 1.29 is 13.2 Å². The van der Waals surface area contributed by atoms with Gasteiger partial charge in [-0.2, -0.15) is 0 Å². The normalized spacial score (nSPS) is 11.2. The van der Waals surface area contributed by atoms with E-state index in [1.54, 1.807) is 0 Å². The van der Waals surface area contributed by atoms with E-state index in [1.165, 1.54) is 43.8 Å². The van der Waals surface area contributed by atoms with Gasteiger partial charge in [-0.25, -0.2) is 8.42 Å². The third-order valence-electron chi connectivity index (χ3n) is 2.43. The highest BCUT2D eigenvalue weighted by atomic mass is 35.5. The minimum absolute atomic E-state index is 0.0211. The monoisotopic (exact) mass is 332 g/mol. The molecule has 0 unspecified atom stereocenters. The lowest BCUT2D eigenvalue weighted by Gasteiger charge is -2.11.